The Labute approximate surface area is 175 Å². The number of amides is 1. The molecule has 0 saturated carbocycles. The molecule has 1 aliphatic heterocycles. The largest absolute Gasteiger partial charge is 0.462 e. The molecule has 2 aromatic carbocycles. The number of aromatic nitrogens is 2. The topological polar surface area (TPSA) is 75.3 Å². The number of benzene rings is 2. The van der Waals surface area contributed by atoms with Gasteiger partial charge in [0.15, 0.2) is 0 Å². The molecule has 0 spiro atoms. The Morgan fingerprint density at radius 2 is 1.77 bits per heavy atom. The van der Waals surface area contributed by atoms with Crippen molar-refractivity contribution >= 4 is 17.6 Å². The van der Waals surface area contributed by atoms with E-state index in [1.807, 2.05) is 30.3 Å². The molecule has 1 amide bonds. The number of carbonyl (C=O) groups excluding carboxylic acids is 2. The molecular weight excluding hydrogens is 378 g/mol. The van der Waals surface area contributed by atoms with Crippen LogP contribution in [-0.2, 0) is 10.2 Å². The summed E-state index contributed by atoms with van der Waals surface area (Å²) in [5.74, 6) is -0.508. The molecule has 1 atom stereocenters. The zero-order valence-electron chi connectivity index (χ0n) is 17.6. The molecule has 6 nitrogen and oxygen atoms in total. The number of H-pyrrole nitrogens is 1. The Hall–Kier alpha value is -3.41. The second-order valence-corrected chi connectivity index (χ2v) is 8.37. The summed E-state index contributed by atoms with van der Waals surface area (Å²) in [6.45, 7) is 8.36. The van der Waals surface area contributed by atoms with Gasteiger partial charge < -0.3 is 4.74 Å². The second-order valence-electron chi connectivity index (χ2n) is 8.37. The zero-order chi connectivity index (χ0) is 21.5. The summed E-state index contributed by atoms with van der Waals surface area (Å²) in [5.41, 5.74) is 4.26. The van der Waals surface area contributed by atoms with Crippen molar-refractivity contribution in [3.05, 3.63) is 82.7 Å². The number of nitrogens with zero attached hydrogens (tertiary/aromatic N) is 2. The number of rotatable bonds is 4. The minimum Gasteiger partial charge on any atom is -0.462 e. The summed E-state index contributed by atoms with van der Waals surface area (Å²) in [6, 6.07) is 16.6. The number of esters is 1. The van der Waals surface area contributed by atoms with Gasteiger partial charge in [-0.15, -0.1) is 0 Å². The van der Waals surface area contributed by atoms with E-state index in [4.69, 9.17) is 4.74 Å². The van der Waals surface area contributed by atoms with E-state index in [0.717, 1.165) is 16.8 Å². The maximum atomic E-state index is 13.4. The van der Waals surface area contributed by atoms with E-state index in [1.54, 1.807) is 36.1 Å². The summed E-state index contributed by atoms with van der Waals surface area (Å²) >= 11 is 0. The van der Waals surface area contributed by atoms with Crippen LogP contribution in [0.3, 0.4) is 0 Å². The summed E-state index contributed by atoms with van der Waals surface area (Å²) < 4.78 is 5.06. The maximum absolute atomic E-state index is 13.4. The molecule has 1 unspecified atom stereocenters. The molecular formula is C24H25N3O3. The summed E-state index contributed by atoms with van der Waals surface area (Å²) in [7, 11) is 0. The van der Waals surface area contributed by atoms with Crippen molar-refractivity contribution in [3.8, 4) is 0 Å². The Bertz CT molecular complexity index is 1080. The molecule has 1 aliphatic rings. The Balaban J connectivity index is 1.82. The average Bonchev–Trinajstić information content (AvgIpc) is 3.28. The quantitative estimate of drug-likeness (QED) is 0.644. The average molecular weight is 403 g/mol. The summed E-state index contributed by atoms with van der Waals surface area (Å²) in [5, 5.41) is 7.46. The van der Waals surface area contributed by atoms with Crippen molar-refractivity contribution in [1.29, 1.82) is 0 Å². The third-order valence-corrected chi connectivity index (χ3v) is 5.25. The van der Waals surface area contributed by atoms with Crippen molar-refractivity contribution in [1.82, 2.24) is 10.2 Å². The Morgan fingerprint density at radius 1 is 1.10 bits per heavy atom. The highest BCUT2D eigenvalue weighted by Gasteiger charge is 2.44. The van der Waals surface area contributed by atoms with Crippen LogP contribution in [0.25, 0.3) is 0 Å². The first-order valence-corrected chi connectivity index (χ1v) is 10.1. The highest BCUT2D eigenvalue weighted by molar-refractivity contribution is 6.11. The number of hydrogen-bond acceptors (Lipinski definition) is 4. The molecule has 4 rings (SSSR count). The van der Waals surface area contributed by atoms with Crippen LogP contribution in [-0.4, -0.2) is 28.7 Å². The smallest absolute Gasteiger partial charge is 0.338 e. The van der Waals surface area contributed by atoms with Crippen molar-refractivity contribution in [2.75, 3.05) is 11.5 Å². The first-order valence-electron chi connectivity index (χ1n) is 10.1. The zero-order valence-corrected chi connectivity index (χ0v) is 17.6. The van der Waals surface area contributed by atoms with Gasteiger partial charge in [0.1, 0.15) is 5.69 Å². The third kappa shape index (κ3) is 3.28. The number of nitrogens with one attached hydrogen (secondary N) is 1. The number of hydrogen-bond donors (Lipinski definition) is 1. The number of aromatic amines is 1. The van der Waals surface area contributed by atoms with Gasteiger partial charge in [-0.05, 0) is 36.8 Å². The van der Waals surface area contributed by atoms with Gasteiger partial charge in [0.05, 0.1) is 23.9 Å². The van der Waals surface area contributed by atoms with E-state index in [0.29, 0.717) is 23.6 Å². The van der Waals surface area contributed by atoms with Crippen molar-refractivity contribution in [2.45, 2.75) is 39.2 Å². The molecule has 0 bridgehead atoms. The lowest BCUT2D eigenvalue weighted by molar-refractivity contribution is 0.0526. The molecule has 0 fully saturated rings. The minimum absolute atomic E-state index is 0.134. The molecule has 0 radical (unpaired) electrons. The van der Waals surface area contributed by atoms with Gasteiger partial charge in [0.25, 0.3) is 5.91 Å². The SMILES string of the molecule is CCOC(=O)c1ccc(N2C(=O)c3[nH]nc(C(C)(C)C)c3C2c2ccccc2)cc1. The molecule has 0 aliphatic carbocycles. The van der Waals surface area contributed by atoms with Gasteiger partial charge in [-0.25, -0.2) is 4.79 Å². The maximum Gasteiger partial charge on any atom is 0.338 e. The van der Waals surface area contributed by atoms with Crippen LogP contribution in [0.5, 0.6) is 0 Å². The highest BCUT2D eigenvalue weighted by atomic mass is 16.5. The predicted molar refractivity (Wildman–Crippen MR) is 115 cm³/mol. The van der Waals surface area contributed by atoms with Crippen molar-refractivity contribution in [3.63, 3.8) is 0 Å². The van der Waals surface area contributed by atoms with Crippen LogP contribution < -0.4 is 4.90 Å². The fourth-order valence-electron chi connectivity index (χ4n) is 3.91. The first kappa shape index (κ1) is 19.9. The minimum atomic E-state index is -0.374. The van der Waals surface area contributed by atoms with Crippen LogP contribution in [0.15, 0.2) is 54.6 Å². The Morgan fingerprint density at radius 3 is 2.37 bits per heavy atom. The molecule has 0 saturated heterocycles. The molecule has 2 heterocycles. The third-order valence-electron chi connectivity index (χ3n) is 5.25. The van der Waals surface area contributed by atoms with E-state index in [-0.39, 0.29) is 23.3 Å². The normalized spacial score (nSPS) is 15.9. The monoisotopic (exact) mass is 403 g/mol. The number of carbonyl (C=O) groups is 2. The van der Waals surface area contributed by atoms with E-state index in [9.17, 15) is 9.59 Å². The molecule has 3 aromatic rings. The lowest BCUT2D eigenvalue weighted by Gasteiger charge is -2.28. The van der Waals surface area contributed by atoms with Crippen LogP contribution in [0, 0.1) is 0 Å². The van der Waals surface area contributed by atoms with E-state index in [2.05, 4.69) is 31.0 Å². The van der Waals surface area contributed by atoms with Crippen molar-refractivity contribution < 1.29 is 14.3 Å². The van der Waals surface area contributed by atoms with Gasteiger partial charge in [-0.2, -0.15) is 5.10 Å². The predicted octanol–water partition coefficient (Wildman–Crippen LogP) is 4.63. The lowest BCUT2D eigenvalue weighted by Crippen LogP contribution is -2.30. The Kier molecular flexibility index (Phi) is 4.94. The van der Waals surface area contributed by atoms with Crippen molar-refractivity contribution in [2.24, 2.45) is 0 Å². The van der Waals surface area contributed by atoms with Crippen LogP contribution >= 0.6 is 0 Å². The summed E-state index contributed by atoms with van der Waals surface area (Å²) in [4.78, 5) is 27.2. The van der Waals surface area contributed by atoms with Gasteiger partial charge in [-0.3, -0.25) is 14.8 Å². The summed E-state index contributed by atoms with van der Waals surface area (Å²) in [6.07, 6.45) is 0. The fraction of sp³-hybridized carbons (Fsp3) is 0.292. The van der Waals surface area contributed by atoms with Crippen LogP contribution in [0.4, 0.5) is 5.69 Å². The number of anilines is 1. The van der Waals surface area contributed by atoms with Crippen LogP contribution in [0.1, 0.15) is 71.4 Å². The second kappa shape index (κ2) is 7.44. The van der Waals surface area contributed by atoms with Gasteiger partial charge in [0, 0.05) is 16.7 Å². The molecule has 30 heavy (non-hydrogen) atoms. The van der Waals surface area contributed by atoms with Crippen LogP contribution in [0.2, 0.25) is 0 Å². The van der Waals surface area contributed by atoms with Gasteiger partial charge >= 0.3 is 5.97 Å². The number of ether oxygens (including phenoxy) is 1. The van der Waals surface area contributed by atoms with Gasteiger partial charge in [-0.1, -0.05) is 51.1 Å². The van der Waals surface area contributed by atoms with E-state index in [1.165, 1.54) is 0 Å². The van der Waals surface area contributed by atoms with E-state index < -0.39 is 0 Å². The standard InChI is InChI=1S/C24H25N3O3/c1-5-30-23(29)16-11-13-17(14-12-16)27-20(15-9-7-6-8-10-15)18-19(22(27)28)25-26-21(18)24(2,3)4/h6-14,20H,5H2,1-4H3,(H,25,26). The van der Waals surface area contributed by atoms with Gasteiger partial charge in [0.2, 0.25) is 0 Å². The highest BCUT2D eigenvalue weighted by Crippen LogP contribution is 2.44. The fourth-order valence-corrected chi connectivity index (χ4v) is 3.91. The first-order chi connectivity index (χ1) is 14.3. The lowest BCUT2D eigenvalue weighted by atomic mass is 9.85. The number of fused-ring (bicyclic) bond motifs is 1. The molecule has 1 aromatic heterocycles. The van der Waals surface area contributed by atoms with E-state index >= 15 is 0 Å². The molecule has 154 valence electrons. The molecule has 1 N–H and O–H groups in total. The molecule has 6 heteroatoms.